The van der Waals surface area contributed by atoms with Crippen LogP contribution < -0.4 is 0 Å². The Labute approximate surface area is 117 Å². The molecule has 0 N–H and O–H groups in total. The van der Waals surface area contributed by atoms with Crippen LogP contribution in [0.4, 0.5) is 0 Å². The van der Waals surface area contributed by atoms with Crippen molar-refractivity contribution in [3.05, 3.63) is 54.2 Å². The molecule has 1 saturated heterocycles. The van der Waals surface area contributed by atoms with Crippen LogP contribution in [0, 0.1) is 0 Å². The molecular weight excluding hydrogens is 254 g/mol. The van der Waals surface area contributed by atoms with Gasteiger partial charge in [0.1, 0.15) is 0 Å². The van der Waals surface area contributed by atoms with Crippen molar-refractivity contribution in [2.45, 2.75) is 6.04 Å². The number of piperazine rings is 1. The summed E-state index contributed by atoms with van der Waals surface area (Å²) in [5, 5.41) is 0. The lowest BCUT2D eigenvalue weighted by Crippen LogP contribution is -2.48. The number of nitrogens with zero attached hydrogens (tertiary/aromatic N) is 3. The van der Waals surface area contributed by atoms with Gasteiger partial charge in [0.2, 0.25) is 5.76 Å². The number of benzene rings is 1. The van der Waals surface area contributed by atoms with Crippen molar-refractivity contribution < 1.29 is 9.21 Å². The number of rotatable bonds is 2. The van der Waals surface area contributed by atoms with Crippen LogP contribution in [0.3, 0.4) is 0 Å². The van der Waals surface area contributed by atoms with Crippen molar-refractivity contribution in [2.75, 3.05) is 26.7 Å². The molecule has 1 aromatic carbocycles. The van der Waals surface area contributed by atoms with Crippen LogP contribution in [0.15, 0.2) is 47.3 Å². The monoisotopic (exact) mass is 271 g/mol. The van der Waals surface area contributed by atoms with Gasteiger partial charge in [-0.05, 0) is 12.6 Å². The van der Waals surface area contributed by atoms with Gasteiger partial charge in [-0.3, -0.25) is 9.69 Å². The maximum atomic E-state index is 12.3. The molecule has 1 aliphatic heterocycles. The van der Waals surface area contributed by atoms with Gasteiger partial charge in [0.25, 0.3) is 5.91 Å². The minimum Gasteiger partial charge on any atom is -0.438 e. The Hall–Kier alpha value is -2.14. The second kappa shape index (κ2) is 5.46. The molecule has 0 radical (unpaired) electrons. The van der Waals surface area contributed by atoms with Crippen LogP contribution in [0.25, 0.3) is 0 Å². The van der Waals surface area contributed by atoms with Gasteiger partial charge in [-0.1, -0.05) is 30.3 Å². The maximum absolute atomic E-state index is 12.3. The average molecular weight is 271 g/mol. The Morgan fingerprint density at radius 3 is 2.80 bits per heavy atom. The van der Waals surface area contributed by atoms with E-state index in [2.05, 4.69) is 29.1 Å². The number of hydrogen-bond donors (Lipinski definition) is 0. The Morgan fingerprint density at radius 2 is 2.10 bits per heavy atom. The third-order valence-electron chi connectivity index (χ3n) is 3.76. The highest BCUT2D eigenvalue weighted by atomic mass is 16.3. The van der Waals surface area contributed by atoms with Crippen LogP contribution in [0.1, 0.15) is 22.2 Å². The van der Waals surface area contributed by atoms with E-state index in [1.807, 2.05) is 23.1 Å². The minimum atomic E-state index is -0.0865. The van der Waals surface area contributed by atoms with Crippen LogP contribution in [-0.4, -0.2) is 47.4 Å². The number of likely N-dealkylation sites (N-methyl/N-ethyl adjacent to an activating group) is 1. The molecule has 1 atom stereocenters. The molecule has 3 rings (SSSR count). The van der Waals surface area contributed by atoms with E-state index in [1.165, 1.54) is 18.2 Å². The smallest absolute Gasteiger partial charge is 0.291 e. The van der Waals surface area contributed by atoms with Crippen molar-refractivity contribution in [3.8, 4) is 0 Å². The Morgan fingerprint density at radius 1 is 1.30 bits per heavy atom. The quantitative estimate of drug-likeness (QED) is 0.835. The Bertz CT molecular complexity index is 568. The molecule has 0 unspecified atom stereocenters. The second-order valence-electron chi connectivity index (χ2n) is 5.02. The summed E-state index contributed by atoms with van der Waals surface area (Å²) in [4.78, 5) is 20.2. The predicted octanol–water partition coefficient (Wildman–Crippen LogP) is 1.80. The van der Waals surface area contributed by atoms with E-state index in [1.54, 1.807) is 0 Å². The van der Waals surface area contributed by atoms with Crippen LogP contribution in [-0.2, 0) is 0 Å². The lowest BCUT2D eigenvalue weighted by Gasteiger charge is -2.39. The van der Waals surface area contributed by atoms with Crippen molar-refractivity contribution in [2.24, 2.45) is 0 Å². The molecule has 1 aliphatic rings. The van der Waals surface area contributed by atoms with Crippen LogP contribution in [0.5, 0.6) is 0 Å². The Balaban J connectivity index is 1.78. The van der Waals surface area contributed by atoms with Crippen LogP contribution in [0.2, 0.25) is 0 Å². The normalized spacial score (nSPS) is 20.1. The molecule has 0 bridgehead atoms. The maximum Gasteiger partial charge on any atom is 0.291 e. The van der Waals surface area contributed by atoms with Gasteiger partial charge in [0.15, 0.2) is 6.39 Å². The second-order valence-corrected chi connectivity index (χ2v) is 5.02. The standard InChI is InChI=1S/C15H17N3O2/c1-17-7-8-18(15(19)14-9-16-11-20-14)10-13(17)12-5-3-2-4-6-12/h2-6,9,11,13H,7-8,10H2,1H3/t13-/m1/s1. The third kappa shape index (κ3) is 2.44. The fourth-order valence-corrected chi connectivity index (χ4v) is 2.57. The Kier molecular flexibility index (Phi) is 3.52. The molecule has 1 aromatic heterocycles. The molecule has 1 fully saturated rings. The molecule has 0 spiro atoms. The first-order valence-corrected chi connectivity index (χ1v) is 6.68. The summed E-state index contributed by atoms with van der Waals surface area (Å²) in [5.41, 5.74) is 1.23. The van der Waals surface area contributed by atoms with Gasteiger partial charge in [-0.15, -0.1) is 0 Å². The summed E-state index contributed by atoms with van der Waals surface area (Å²) in [5.74, 6) is 0.220. The van der Waals surface area contributed by atoms with Crippen LogP contribution >= 0.6 is 0 Å². The van der Waals surface area contributed by atoms with E-state index in [9.17, 15) is 4.79 Å². The zero-order chi connectivity index (χ0) is 13.9. The van der Waals surface area contributed by atoms with E-state index in [4.69, 9.17) is 4.42 Å². The molecule has 104 valence electrons. The molecular formula is C15H17N3O2. The molecule has 5 heteroatoms. The molecule has 5 nitrogen and oxygen atoms in total. The first-order chi connectivity index (χ1) is 9.75. The van der Waals surface area contributed by atoms with Gasteiger partial charge in [-0.2, -0.15) is 0 Å². The SMILES string of the molecule is CN1CCN(C(=O)c2cnco2)C[C@@H]1c1ccccc1. The van der Waals surface area contributed by atoms with E-state index in [0.29, 0.717) is 18.8 Å². The zero-order valence-corrected chi connectivity index (χ0v) is 11.4. The highest BCUT2D eigenvalue weighted by Crippen LogP contribution is 2.24. The van der Waals surface area contributed by atoms with Gasteiger partial charge >= 0.3 is 0 Å². The van der Waals surface area contributed by atoms with Crippen molar-refractivity contribution in [1.82, 2.24) is 14.8 Å². The van der Waals surface area contributed by atoms with E-state index in [-0.39, 0.29) is 11.9 Å². The number of aromatic nitrogens is 1. The molecule has 0 aliphatic carbocycles. The number of carbonyl (C=O) groups is 1. The molecule has 0 saturated carbocycles. The third-order valence-corrected chi connectivity index (χ3v) is 3.76. The highest BCUT2D eigenvalue weighted by Gasteiger charge is 2.29. The summed E-state index contributed by atoms with van der Waals surface area (Å²) in [6.45, 7) is 2.22. The predicted molar refractivity (Wildman–Crippen MR) is 74.2 cm³/mol. The number of hydrogen-bond acceptors (Lipinski definition) is 4. The number of amides is 1. The fraction of sp³-hybridized carbons (Fsp3) is 0.333. The fourth-order valence-electron chi connectivity index (χ4n) is 2.57. The lowest BCUT2D eigenvalue weighted by atomic mass is 10.0. The van der Waals surface area contributed by atoms with E-state index >= 15 is 0 Å². The van der Waals surface area contributed by atoms with E-state index < -0.39 is 0 Å². The first-order valence-electron chi connectivity index (χ1n) is 6.68. The van der Waals surface area contributed by atoms with Gasteiger partial charge in [-0.25, -0.2) is 4.98 Å². The highest BCUT2D eigenvalue weighted by molar-refractivity contribution is 5.91. The molecule has 2 heterocycles. The van der Waals surface area contributed by atoms with Crippen molar-refractivity contribution >= 4 is 5.91 Å². The van der Waals surface area contributed by atoms with Crippen molar-refractivity contribution in [1.29, 1.82) is 0 Å². The molecule has 1 amide bonds. The number of carbonyl (C=O) groups excluding carboxylic acids is 1. The summed E-state index contributed by atoms with van der Waals surface area (Å²) in [6, 6.07) is 10.5. The molecule has 2 aromatic rings. The lowest BCUT2D eigenvalue weighted by molar-refractivity contribution is 0.0517. The number of oxazole rings is 1. The van der Waals surface area contributed by atoms with E-state index in [0.717, 1.165) is 6.54 Å². The van der Waals surface area contributed by atoms with Gasteiger partial charge in [0, 0.05) is 19.6 Å². The topological polar surface area (TPSA) is 49.6 Å². The largest absolute Gasteiger partial charge is 0.438 e. The minimum absolute atomic E-state index is 0.0865. The van der Waals surface area contributed by atoms with Gasteiger partial charge in [0.05, 0.1) is 12.2 Å². The summed E-state index contributed by atoms with van der Waals surface area (Å²) in [6.07, 6.45) is 2.76. The first kappa shape index (κ1) is 12.9. The summed E-state index contributed by atoms with van der Waals surface area (Å²) in [7, 11) is 2.09. The molecule has 20 heavy (non-hydrogen) atoms. The van der Waals surface area contributed by atoms with Gasteiger partial charge < -0.3 is 9.32 Å². The average Bonchev–Trinajstić information content (AvgIpc) is 3.02. The zero-order valence-electron chi connectivity index (χ0n) is 11.4. The summed E-state index contributed by atoms with van der Waals surface area (Å²) < 4.78 is 5.10. The van der Waals surface area contributed by atoms with Crippen molar-refractivity contribution in [3.63, 3.8) is 0 Å². The summed E-state index contributed by atoms with van der Waals surface area (Å²) >= 11 is 0.